The molecule has 7 nitrogen and oxygen atoms in total. The van der Waals surface area contributed by atoms with Crippen LogP contribution in [-0.4, -0.2) is 43.1 Å². The minimum atomic E-state index is -0.348. The van der Waals surface area contributed by atoms with Crippen molar-refractivity contribution in [2.24, 2.45) is 5.92 Å². The second kappa shape index (κ2) is 7.65. The fourth-order valence-electron chi connectivity index (χ4n) is 3.35. The van der Waals surface area contributed by atoms with Gasteiger partial charge in [-0.2, -0.15) is 0 Å². The van der Waals surface area contributed by atoms with E-state index in [4.69, 9.17) is 9.47 Å². The van der Waals surface area contributed by atoms with Crippen molar-refractivity contribution in [2.75, 3.05) is 31.2 Å². The molecule has 3 heterocycles. The van der Waals surface area contributed by atoms with E-state index in [2.05, 4.69) is 10.3 Å². The molecule has 1 aromatic heterocycles. The second-order valence-electron chi connectivity index (χ2n) is 6.64. The lowest BCUT2D eigenvalue weighted by Gasteiger charge is -2.22. The van der Waals surface area contributed by atoms with E-state index in [1.54, 1.807) is 29.4 Å². The van der Waals surface area contributed by atoms with Gasteiger partial charge in [0.1, 0.15) is 13.2 Å². The highest BCUT2D eigenvalue weighted by Crippen LogP contribution is 2.35. The molecule has 1 fully saturated rings. The van der Waals surface area contributed by atoms with Gasteiger partial charge in [-0.25, -0.2) is 0 Å². The zero-order valence-corrected chi connectivity index (χ0v) is 14.9. The van der Waals surface area contributed by atoms with Crippen LogP contribution in [0, 0.1) is 5.92 Å². The largest absolute Gasteiger partial charge is 0.486 e. The van der Waals surface area contributed by atoms with E-state index in [1.165, 1.54) is 0 Å². The summed E-state index contributed by atoms with van der Waals surface area (Å²) in [6, 6.07) is 9.28. The number of amides is 2. The summed E-state index contributed by atoms with van der Waals surface area (Å²) in [6.45, 7) is 1.92. The number of fused-ring (bicyclic) bond motifs is 1. The topological polar surface area (TPSA) is 80.8 Å². The van der Waals surface area contributed by atoms with Crippen molar-refractivity contribution in [1.82, 2.24) is 10.3 Å². The normalized spacial score (nSPS) is 18.4. The van der Waals surface area contributed by atoms with Crippen LogP contribution in [0.4, 0.5) is 5.69 Å². The van der Waals surface area contributed by atoms with Crippen LogP contribution in [0.5, 0.6) is 11.5 Å². The van der Waals surface area contributed by atoms with Gasteiger partial charge in [-0.05, 0) is 30.2 Å². The van der Waals surface area contributed by atoms with Crippen molar-refractivity contribution in [3.05, 3.63) is 48.3 Å². The van der Waals surface area contributed by atoms with Crippen LogP contribution in [0.2, 0.25) is 0 Å². The molecule has 1 saturated heterocycles. The average molecular weight is 367 g/mol. The Labute approximate surface area is 157 Å². The molecule has 0 bridgehead atoms. The smallest absolute Gasteiger partial charge is 0.227 e. The molecule has 1 atom stereocenters. The van der Waals surface area contributed by atoms with Gasteiger partial charge < -0.3 is 19.7 Å². The Morgan fingerprint density at radius 2 is 2.07 bits per heavy atom. The molecule has 0 unspecified atom stereocenters. The van der Waals surface area contributed by atoms with Gasteiger partial charge in [0.2, 0.25) is 11.8 Å². The van der Waals surface area contributed by atoms with E-state index < -0.39 is 0 Å². The Balaban J connectivity index is 1.35. The number of pyridine rings is 1. The molecule has 7 heteroatoms. The Bertz CT molecular complexity index is 840. The van der Waals surface area contributed by atoms with Crippen molar-refractivity contribution < 1.29 is 19.1 Å². The van der Waals surface area contributed by atoms with E-state index in [-0.39, 0.29) is 24.2 Å². The maximum Gasteiger partial charge on any atom is 0.227 e. The summed E-state index contributed by atoms with van der Waals surface area (Å²) >= 11 is 0. The summed E-state index contributed by atoms with van der Waals surface area (Å²) in [5.74, 6) is 0.822. The molecule has 0 radical (unpaired) electrons. The summed E-state index contributed by atoms with van der Waals surface area (Å²) in [5, 5.41) is 2.93. The first-order chi connectivity index (χ1) is 13.2. The highest BCUT2D eigenvalue weighted by molar-refractivity contribution is 6.00. The first-order valence-electron chi connectivity index (χ1n) is 9.07. The van der Waals surface area contributed by atoms with Crippen molar-refractivity contribution in [2.45, 2.75) is 12.8 Å². The fourth-order valence-corrected chi connectivity index (χ4v) is 3.35. The Kier molecular flexibility index (Phi) is 4.91. The lowest BCUT2D eigenvalue weighted by molar-refractivity contribution is -0.126. The summed E-state index contributed by atoms with van der Waals surface area (Å²) in [6.07, 6.45) is 4.44. The van der Waals surface area contributed by atoms with E-state index in [9.17, 15) is 9.59 Å². The summed E-state index contributed by atoms with van der Waals surface area (Å²) in [7, 11) is 0. The van der Waals surface area contributed by atoms with Gasteiger partial charge in [0.15, 0.2) is 11.5 Å². The van der Waals surface area contributed by atoms with E-state index in [1.807, 2.05) is 18.2 Å². The van der Waals surface area contributed by atoms with E-state index in [0.717, 1.165) is 11.3 Å². The number of nitrogens with zero attached hydrogens (tertiary/aromatic N) is 2. The number of nitrogens with one attached hydrogen (secondary N) is 1. The molecule has 1 N–H and O–H groups in total. The van der Waals surface area contributed by atoms with Crippen LogP contribution in [0.3, 0.4) is 0 Å². The number of rotatable bonds is 5. The van der Waals surface area contributed by atoms with E-state index >= 15 is 0 Å². The van der Waals surface area contributed by atoms with Crippen molar-refractivity contribution in [3.8, 4) is 11.5 Å². The monoisotopic (exact) mass is 367 g/mol. The van der Waals surface area contributed by atoms with Crippen molar-refractivity contribution >= 4 is 17.5 Å². The maximum absolute atomic E-state index is 12.4. The van der Waals surface area contributed by atoms with Crippen molar-refractivity contribution in [3.63, 3.8) is 0 Å². The molecule has 0 aliphatic carbocycles. The predicted molar refractivity (Wildman–Crippen MR) is 98.8 cm³/mol. The number of carbonyl (C=O) groups excluding carboxylic acids is 2. The number of aromatic nitrogens is 1. The SMILES string of the molecule is O=C(NCCc1cccnc1)[C@@H]1CC(=O)N(c2ccc3c(c2)OCCO3)C1. The molecular formula is C20H21N3O4. The second-order valence-corrected chi connectivity index (χ2v) is 6.64. The number of ether oxygens (including phenoxy) is 2. The molecule has 4 rings (SSSR count). The standard InChI is InChI=1S/C20H21N3O4/c24-19-10-15(20(25)22-7-5-14-2-1-6-21-12-14)13-23(19)16-3-4-17-18(11-16)27-9-8-26-17/h1-4,6,11-12,15H,5,7-10,13H2,(H,22,25)/t15-/m1/s1. The summed E-state index contributed by atoms with van der Waals surface area (Å²) in [4.78, 5) is 30.6. The van der Waals surface area contributed by atoms with Crippen LogP contribution in [0.15, 0.2) is 42.7 Å². The first kappa shape index (κ1) is 17.3. The number of hydrogen-bond donors (Lipinski definition) is 1. The molecule has 2 aliphatic heterocycles. The zero-order chi connectivity index (χ0) is 18.6. The average Bonchev–Trinajstić information content (AvgIpc) is 3.10. The van der Waals surface area contributed by atoms with Gasteiger partial charge in [-0.3, -0.25) is 14.6 Å². The summed E-state index contributed by atoms with van der Waals surface area (Å²) < 4.78 is 11.1. The molecule has 1 aromatic carbocycles. The van der Waals surface area contributed by atoms with Crippen LogP contribution in [-0.2, 0) is 16.0 Å². The molecule has 140 valence electrons. The van der Waals surface area contributed by atoms with Gasteiger partial charge >= 0.3 is 0 Å². The molecule has 27 heavy (non-hydrogen) atoms. The molecule has 0 saturated carbocycles. The minimum absolute atomic E-state index is 0.0564. The van der Waals surface area contributed by atoms with Crippen LogP contribution in [0.1, 0.15) is 12.0 Å². The van der Waals surface area contributed by atoms with E-state index in [0.29, 0.717) is 44.2 Å². The molecule has 2 amide bonds. The van der Waals surface area contributed by atoms with Crippen LogP contribution >= 0.6 is 0 Å². The third kappa shape index (κ3) is 3.86. The van der Waals surface area contributed by atoms with Gasteiger partial charge in [0.25, 0.3) is 0 Å². The lowest BCUT2D eigenvalue weighted by Crippen LogP contribution is -2.34. The number of benzene rings is 1. The highest BCUT2D eigenvalue weighted by atomic mass is 16.6. The Hall–Kier alpha value is -3.09. The van der Waals surface area contributed by atoms with Crippen LogP contribution in [0.25, 0.3) is 0 Å². The number of hydrogen-bond acceptors (Lipinski definition) is 5. The molecule has 0 spiro atoms. The Morgan fingerprint density at radius 3 is 2.89 bits per heavy atom. The maximum atomic E-state index is 12.4. The van der Waals surface area contributed by atoms with Crippen LogP contribution < -0.4 is 19.7 Å². The number of carbonyl (C=O) groups is 2. The third-order valence-corrected chi connectivity index (χ3v) is 4.77. The third-order valence-electron chi connectivity index (χ3n) is 4.77. The molecule has 2 aliphatic rings. The Morgan fingerprint density at radius 1 is 1.22 bits per heavy atom. The molecule has 2 aromatic rings. The highest BCUT2D eigenvalue weighted by Gasteiger charge is 2.35. The van der Waals surface area contributed by atoms with Gasteiger partial charge in [-0.15, -0.1) is 0 Å². The van der Waals surface area contributed by atoms with Gasteiger partial charge in [-0.1, -0.05) is 6.07 Å². The lowest BCUT2D eigenvalue weighted by atomic mass is 10.1. The fraction of sp³-hybridized carbons (Fsp3) is 0.350. The summed E-state index contributed by atoms with van der Waals surface area (Å²) in [5.41, 5.74) is 1.80. The van der Waals surface area contributed by atoms with Gasteiger partial charge in [0.05, 0.1) is 5.92 Å². The van der Waals surface area contributed by atoms with Crippen molar-refractivity contribution in [1.29, 1.82) is 0 Å². The zero-order valence-electron chi connectivity index (χ0n) is 14.9. The molecular weight excluding hydrogens is 346 g/mol. The number of anilines is 1. The first-order valence-corrected chi connectivity index (χ1v) is 9.07. The quantitative estimate of drug-likeness (QED) is 0.868. The minimum Gasteiger partial charge on any atom is -0.486 e. The van der Waals surface area contributed by atoms with Gasteiger partial charge in [0, 0.05) is 43.7 Å². The predicted octanol–water partition coefficient (Wildman–Crippen LogP) is 1.56.